The van der Waals surface area contributed by atoms with Crippen LogP contribution in [0.25, 0.3) is 11.6 Å². The number of nitrogens with zero attached hydrogens (tertiary/aromatic N) is 2. The molecule has 0 aliphatic heterocycles. The van der Waals surface area contributed by atoms with Gasteiger partial charge < -0.3 is 4.74 Å². The van der Waals surface area contributed by atoms with E-state index in [4.69, 9.17) is 4.74 Å². The third kappa shape index (κ3) is 4.42. The molecule has 0 N–H and O–H groups in total. The van der Waals surface area contributed by atoms with Crippen molar-refractivity contribution in [2.75, 3.05) is 0 Å². The Morgan fingerprint density at radius 3 is 2.26 bits per heavy atom. The second-order valence-electron chi connectivity index (χ2n) is 5.21. The van der Waals surface area contributed by atoms with Crippen LogP contribution in [0.1, 0.15) is 25.0 Å². The van der Waals surface area contributed by atoms with Crippen LogP contribution in [0, 0.1) is 21.4 Å². The first-order valence-corrected chi connectivity index (χ1v) is 7.13. The maximum Gasteiger partial charge on any atom is 0.269 e. The van der Waals surface area contributed by atoms with E-state index in [0.717, 1.165) is 11.3 Å². The van der Waals surface area contributed by atoms with Gasteiger partial charge in [0.05, 0.1) is 22.7 Å². The number of non-ortho nitro benzene ring substituents is 1. The quantitative estimate of drug-likeness (QED) is 0.354. The van der Waals surface area contributed by atoms with Gasteiger partial charge in [-0.15, -0.1) is 0 Å². The first kappa shape index (κ1) is 16.2. The molecule has 23 heavy (non-hydrogen) atoms. The van der Waals surface area contributed by atoms with Gasteiger partial charge in [0.25, 0.3) is 5.69 Å². The van der Waals surface area contributed by atoms with E-state index in [-0.39, 0.29) is 11.8 Å². The zero-order valence-corrected chi connectivity index (χ0v) is 12.9. The van der Waals surface area contributed by atoms with Crippen LogP contribution in [0.2, 0.25) is 0 Å². The summed E-state index contributed by atoms with van der Waals surface area (Å²) in [6.45, 7) is 3.91. The number of benzene rings is 2. The van der Waals surface area contributed by atoms with E-state index < -0.39 is 4.92 Å². The molecule has 5 heteroatoms. The fourth-order valence-electron chi connectivity index (χ4n) is 2.02. The predicted octanol–water partition coefficient (Wildman–Crippen LogP) is 4.45. The van der Waals surface area contributed by atoms with Crippen LogP contribution in [-0.2, 0) is 0 Å². The molecule has 0 radical (unpaired) electrons. The fraction of sp³-hybridized carbons (Fsp3) is 0.167. The van der Waals surface area contributed by atoms with Gasteiger partial charge in [-0.1, -0.05) is 12.1 Å². The maximum absolute atomic E-state index is 10.7. The summed E-state index contributed by atoms with van der Waals surface area (Å²) in [7, 11) is 0. The van der Waals surface area contributed by atoms with Crippen LogP contribution in [0.15, 0.2) is 48.5 Å². The largest absolute Gasteiger partial charge is 0.491 e. The van der Waals surface area contributed by atoms with Gasteiger partial charge in [-0.25, -0.2) is 0 Å². The Morgan fingerprint density at radius 1 is 1.17 bits per heavy atom. The first-order valence-electron chi connectivity index (χ1n) is 7.13. The van der Waals surface area contributed by atoms with E-state index in [0.29, 0.717) is 11.1 Å². The van der Waals surface area contributed by atoms with Crippen LogP contribution >= 0.6 is 0 Å². The molecule has 2 aromatic carbocycles. The summed E-state index contributed by atoms with van der Waals surface area (Å²) in [4.78, 5) is 10.2. The number of nitro groups is 1. The third-order valence-electron chi connectivity index (χ3n) is 3.07. The molecule has 5 nitrogen and oxygen atoms in total. The number of nitro benzene ring substituents is 1. The minimum Gasteiger partial charge on any atom is -0.491 e. The lowest BCUT2D eigenvalue weighted by Gasteiger charge is -2.09. The van der Waals surface area contributed by atoms with E-state index in [1.54, 1.807) is 18.2 Å². The van der Waals surface area contributed by atoms with Gasteiger partial charge >= 0.3 is 0 Å². The van der Waals surface area contributed by atoms with Crippen molar-refractivity contribution in [1.82, 2.24) is 0 Å². The van der Waals surface area contributed by atoms with Gasteiger partial charge in [-0.2, -0.15) is 5.26 Å². The SMILES string of the molecule is CC(C)Oc1ccc(C=C(C#N)c2ccc([N+](=O)[O-])cc2)cc1. The Labute approximate surface area is 134 Å². The molecule has 0 unspecified atom stereocenters. The van der Waals surface area contributed by atoms with Gasteiger partial charge in [-0.3, -0.25) is 10.1 Å². The second-order valence-corrected chi connectivity index (χ2v) is 5.21. The highest BCUT2D eigenvalue weighted by atomic mass is 16.6. The van der Waals surface area contributed by atoms with Crippen LogP contribution in [0.4, 0.5) is 5.69 Å². The molecule has 0 aliphatic carbocycles. The highest BCUT2D eigenvalue weighted by Crippen LogP contribution is 2.22. The Balaban J connectivity index is 2.24. The van der Waals surface area contributed by atoms with Crippen molar-refractivity contribution in [3.05, 3.63) is 69.8 Å². The molecule has 2 rings (SSSR count). The summed E-state index contributed by atoms with van der Waals surface area (Å²) < 4.78 is 5.57. The van der Waals surface area contributed by atoms with Crippen molar-refractivity contribution >= 4 is 17.3 Å². The summed E-state index contributed by atoms with van der Waals surface area (Å²) in [5.74, 6) is 0.769. The Morgan fingerprint density at radius 2 is 1.78 bits per heavy atom. The molecule has 0 aliphatic rings. The zero-order chi connectivity index (χ0) is 16.8. The van der Waals surface area contributed by atoms with E-state index in [1.807, 2.05) is 38.1 Å². The summed E-state index contributed by atoms with van der Waals surface area (Å²) in [5.41, 5.74) is 1.94. The molecular weight excluding hydrogens is 292 g/mol. The normalized spacial score (nSPS) is 11.1. The van der Waals surface area contributed by atoms with Crippen molar-refractivity contribution in [3.8, 4) is 11.8 Å². The molecule has 0 saturated heterocycles. The number of nitriles is 1. The summed E-state index contributed by atoms with van der Waals surface area (Å²) in [5, 5.41) is 20.0. The van der Waals surface area contributed by atoms with E-state index >= 15 is 0 Å². The van der Waals surface area contributed by atoms with Crippen molar-refractivity contribution in [2.45, 2.75) is 20.0 Å². The third-order valence-corrected chi connectivity index (χ3v) is 3.07. The summed E-state index contributed by atoms with van der Waals surface area (Å²) in [6, 6.07) is 15.5. The predicted molar refractivity (Wildman–Crippen MR) is 88.8 cm³/mol. The second kappa shape index (κ2) is 7.23. The summed E-state index contributed by atoms with van der Waals surface area (Å²) in [6.07, 6.45) is 1.84. The standard InChI is InChI=1S/C18H16N2O3/c1-13(2)23-18-9-3-14(4-10-18)11-16(12-19)15-5-7-17(8-6-15)20(21)22/h3-11,13H,1-2H3. The molecule has 0 spiro atoms. The van der Waals surface area contributed by atoms with Crippen LogP contribution in [0.5, 0.6) is 5.75 Å². The summed E-state index contributed by atoms with van der Waals surface area (Å²) >= 11 is 0. The van der Waals surface area contributed by atoms with E-state index in [2.05, 4.69) is 6.07 Å². The highest BCUT2D eigenvalue weighted by molar-refractivity contribution is 5.89. The van der Waals surface area contributed by atoms with Gasteiger partial charge in [0, 0.05) is 12.1 Å². The van der Waals surface area contributed by atoms with Crippen molar-refractivity contribution in [3.63, 3.8) is 0 Å². The Kier molecular flexibility index (Phi) is 5.11. The highest BCUT2D eigenvalue weighted by Gasteiger charge is 2.07. The number of rotatable bonds is 5. The van der Waals surface area contributed by atoms with Crippen molar-refractivity contribution in [1.29, 1.82) is 5.26 Å². The Hall–Kier alpha value is -3.13. The van der Waals surface area contributed by atoms with Crippen LogP contribution in [-0.4, -0.2) is 11.0 Å². The van der Waals surface area contributed by atoms with Gasteiger partial charge in [0.15, 0.2) is 0 Å². The number of hydrogen-bond donors (Lipinski definition) is 0. The Bertz CT molecular complexity index is 754. The molecule has 0 atom stereocenters. The minimum atomic E-state index is -0.465. The fourth-order valence-corrected chi connectivity index (χ4v) is 2.02. The van der Waals surface area contributed by atoms with Gasteiger partial charge in [0.1, 0.15) is 5.75 Å². The maximum atomic E-state index is 10.7. The van der Waals surface area contributed by atoms with Crippen LogP contribution < -0.4 is 4.74 Å². The van der Waals surface area contributed by atoms with Gasteiger partial charge in [0.2, 0.25) is 0 Å². The van der Waals surface area contributed by atoms with E-state index in [9.17, 15) is 15.4 Å². The molecule has 0 saturated carbocycles. The molecule has 2 aromatic rings. The number of ether oxygens (including phenoxy) is 1. The molecule has 0 amide bonds. The number of allylic oxidation sites excluding steroid dienone is 1. The molecule has 116 valence electrons. The average molecular weight is 308 g/mol. The number of hydrogen-bond acceptors (Lipinski definition) is 4. The van der Waals surface area contributed by atoms with Crippen LogP contribution in [0.3, 0.4) is 0 Å². The van der Waals surface area contributed by atoms with Gasteiger partial charge in [-0.05, 0) is 55.3 Å². The van der Waals surface area contributed by atoms with E-state index in [1.165, 1.54) is 12.1 Å². The molecule has 0 heterocycles. The first-order chi connectivity index (χ1) is 11.0. The average Bonchev–Trinajstić information content (AvgIpc) is 2.53. The molecule has 0 fully saturated rings. The van der Waals surface area contributed by atoms with Crippen molar-refractivity contribution < 1.29 is 9.66 Å². The lowest BCUT2D eigenvalue weighted by molar-refractivity contribution is -0.384. The lowest BCUT2D eigenvalue weighted by Crippen LogP contribution is -2.05. The monoisotopic (exact) mass is 308 g/mol. The lowest BCUT2D eigenvalue weighted by atomic mass is 10.0. The topological polar surface area (TPSA) is 76.2 Å². The molecule has 0 bridgehead atoms. The van der Waals surface area contributed by atoms with Crippen molar-refractivity contribution in [2.24, 2.45) is 0 Å². The smallest absolute Gasteiger partial charge is 0.269 e. The minimum absolute atomic E-state index is 0.00114. The zero-order valence-electron chi connectivity index (χ0n) is 12.9. The molecular formula is C18H16N2O3. The molecule has 0 aromatic heterocycles.